The van der Waals surface area contributed by atoms with E-state index in [1.165, 1.54) is 5.56 Å². The van der Waals surface area contributed by atoms with E-state index in [4.69, 9.17) is 14.4 Å². The molecular formula is C40H41GeIrN3O-2. The predicted octanol–water partition coefficient (Wildman–Crippen LogP) is 10.3. The molecule has 7 aromatic rings. The van der Waals surface area contributed by atoms with Crippen LogP contribution in [0.3, 0.4) is 0 Å². The first-order valence-corrected chi connectivity index (χ1v) is 23.2. The zero-order valence-electron chi connectivity index (χ0n) is 27.7. The van der Waals surface area contributed by atoms with Crippen molar-refractivity contribution in [3.05, 3.63) is 115 Å². The van der Waals surface area contributed by atoms with Gasteiger partial charge in [-0.3, -0.25) is 4.98 Å². The first-order valence-electron chi connectivity index (χ1n) is 15.9. The van der Waals surface area contributed by atoms with Gasteiger partial charge in [0.2, 0.25) is 0 Å². The Morgan fingerprint density at radius 3 is 2.28 bits per heavy atom. The second kappa shape index (κ2) is 14.1. The van der Waals surface area contributed by atoms with Crippen LogP contribution in [0.25, 0.3) is 55.6 Å². The van der Waals surface area contributed by atoms with Crippen molar-refractivity contribution in [2.24, 2.45) is 5.92 Å². The monoisotopic (exact) mass is 846 g/mol. The van der Waals surface area contributed by atoms with Crippen LogP contribution in [0, 0.1) is 18.1 Å². The molecule has 3 aromatic heterocycles. The molecule has 0 aliphatic heterocycles. The molecule has 0 saturated heterocycles. The second-order valence-corrected chi connectivity index (χ2v) is 24.0. The number of furan rings is 1. The number of aromatic nitrogens is 3. The van der Waals surface area contributed by atoms with Crippen LogP contribution >= 0.6 is 0 Å². The van der Waals surface area contributed by atoms with Crippen LogP contribution in [-0.2, 0) is 26.5 Å². The van der Waals surface area contributed by atoms with Crippen molar-refractivity contribution in [1.82, 2.24) is 14.5 Å². The first kappa shape index (κ1) is 33.8. The number of rotatable bonds is 6. The van der Waals surface area contributed by atoms with Crippen LogP contribution in [0.2, 0.25) is 17.3 Å². The quantitative estimate of drug-likeness (QED) is 0.124. The van der Waals surface area contributed by atoms with E-state index in [0.29, 0.717) is 5.92 Å². The molecule has 237 valence electrons. The molecule has 7 rings (SSSR count). The van der Waals surface area contributed by atoms with E-state index < -0.39 is 13.3 Å². The number of imidazole rings is 1. The van der Waals surface area contributed by atoms with Crippen molar-refractivity contribution < 1.29 is 24.5 Å². The van der Waals surface area contributed by atoms with Crippen molar-refractivity contribution in [3.63, 3.8) is 0 Å². The van der Waals surface area contributed by atoms with Gasteiger partial charge in [0.25, 0.3) is 0 Å². The number of fused-ring (bicyclic) bond motifs is 4. The third-order valence-corrected chi connectivity index (χ3v) is 12.4. The predicted molar refractivity (Wildman–Crippen MR) is 192 cm³/mol. The SMILES string of the molecule is CC(C)Cc1cc(-c2[c-]cccc2)nc[c]1[Ge]([CH3])([CH3])[CH3].CC(C)n1c(-c2[c-]ccc3c2oc2ccccc23)nc2ccccc21.[Ir]. The van der Waals surface area contributed by atoms with Gasteiger partial charge in [-0.1, -0.05) is 41.3 Å². The molecule has 0 atom stereocenters. The second-order valence-electron chi connectivity index (χ2n) is 13.4. The molecule has 0 fully saturated rings. The number of nitrogens with zero attached hydrogens (tertiary/aromatic N) is 3. The Hall–Kier alpha value is -3.51. The van der Waals surface area contributed by atoms with Crippen molar-refractivity contribution in [2.45, 2.75) is 57.4 Å². The van der Waals surface area contributed by atoms with Crippen molar-refractivity contribution >= 4 is 50.6 Å². The Morgan fingerprint density at radius 1 is 0.826 bits per heavy atom. The summed E-state index contributed by atoms with van der Waals surface area (Å²) in [5.41, 5.74) is 8.42. The molecule has 0 spiro atoms. The zero-order chi connectivity index (χ0) is 31.7. The fourth-order valence-electron chi connectivity index (χ4n) is 6.08. The maximum Gasteiger partial charge on any atom is 0.120 e. The minimum Gasteiger partial charge on any atom is -0.501 e. The molecular weight excluding hydrogens is 803 g/mol. The van der Waals surface area contributed by atoms with Gasteiger partial charge in [-0.25, -0.2) is 0 Å². The Bertz CT molecular complexity index is 2090. The normalized spacial score (nSPS) is 11.7. The minimum atomic E-state index is -1.86. The smallest absolute Gasteiger partial charge is 0.120 e. The molecule has 4 nitrogen and oxygen atoms in total. The number of para-hydroxylation sites is 3. The molecule has 0 aliphatic carbocycles. The third-order valence-electron chi connectivity index (χ3n) is 8.09. The van der Waals surface area contributed by atoms with Gasteiger partial charge in [0.1, 0.15) is 5.58 Å². The van der Waals surface area contributed by atoms with E-state index in [-0.39, 0.29) is 26.1 Å². The van der Waals surface area contributed by atoms with Crippen molar-refractivity contribution in [1.29, 1.82) is 0 Å². The zero-order valence-corrected chi connectivity index (χ0v) is 32.2. The summed E-state index contributed by atoms with van der Waals surface area (Å²) in [6, 6.07) is 37.7. The maximum atomic E-state index is 6.18. The number of hydrogen-bond acceptors (Lipinski definition) is 3. The van der Waals surface area contributed by atoms with Gasteiger partial charge in [-0.2, -0.15) is 0 Å². The summed E-state index contributed by atoms with van der Waals surface area (Å²) in [6.07, 6.45) is 3.27. The average molecular weight is 845 g/mol. The van der Waals surface area contributed by atoms with Gasteiger partial charge >= 0.3 is 126 Å². The largest absolute Gasteiger partial charge is 0.501 e. The van der Waals surface area contributed by atoms with E-state index >= 15 is 0 Å². The van der Waals surface area contributed by atoms with Gasteiger partial charge in [0.15, 0.2) is 0 Å². The summed E-state index contributed by atoms with van der Waals surface area (Å²) in [5.74, 6) is 8.90. The minimum absolute atomic E-state index is 0. The van der Waals surface area contributed by atoms with Gasteiger partial charge in [-0.05, 0) is 32.0 Å². The van der Waals surface area contributed by atoms with Crippen LogP contribution in [-0.4, -0.2) is 27.8 Å². The van der Waals surface area contributed by atoms with E-state index in [9.17, 15) is 0 Å². The Kier molecular flexibility index (Phi) is 10.4. The van der Waals surface area contributed by atoms with Crippen molar-refractivity contribution in [2.75, 3.05) is 0 Å². The summed E-state index contributed by atoms with van der Waals surface area (Å²) in [5, 5.41) is 2.23. The first-order chi connectivity index (χ1) is 21.6. The van der Waals surface area contributed by atoms with E-state index in [0.717, 1.165) is 62.0 Å². The van der Waals surface area contributed by atoms with Gasteiger partial charge < -0.3 is 8.98 Å². The molecule has 3 heterocycles. The van der Waals surface area contributed by atoms with Crippen LogP contribution in [0.1, 0.15) is 39.3 Å². The molecule has 1 radical (unpaired) electrons. The molecule has 46 heavy (non-hydrogen) atoms. The molecule has 0 unspecified atom stereocenters. The molecule has 6 heteroatoms. The molecule has 0 N–H and O–H groups in total. The summed E-state index contributed by atoms with van der Waals surface area (Å²) in [6.45, 7) is 8.93. The van der Waals surface area contributed by atoms with E-state index in [1.54, 1.807) is 4.40 Å². The van der Waals surface area contributed by atoms with Crippen LogP contribution in [0.4, 0.5) is 0 Å². The number of hydrogen-bond donors (Lipinski definition) is 0. The Balaban J connectivity index is 0.000000182. The van der Waals surface area contributed by atoms with Crippen LogP contribution in [0.15, 0.2) is 102 Å². The number of pyridine rings is 1. The fraction of sp³-hybridized carbons (Fsp3) is 0.250. The fourth-order valence-corrected chi connectivity index (χ4v) is 9.42. The van der Waals surface area contributed by atoms with E-state index in [1.807, 2.05) is 48.5 Å². The average Bonchev–Trinajstić information content (AvgIpc) is 3.60. The maximum absolute atomic E-state index is 6.18. The topological polar surface area (TPSA) is 43.9 Å². The summed E-state index contributed by atoms with van der Waals surface area (Å²) in [7, 11) is 0. The standard InChI is InChI=1S/C22H17N2O.C18H24GeN.Ir/c1-14(2)24-19-12-5-4-11-18(19)23-22(24)17-10-7-9-16-15-8-3-6-13-20(15)25-21(16)17;1-14(2)11-16-12-18(15-9-7-6-8-10-15)20-13-17(16)19(3,4)5;/h3-9,11-14H,1-2H3;6-9,12-14H,11H2,1-5H3;/q2*-1;. The molecule has 0 bridgehead atoms. The van der Waals surface area contributed by atoms with Gasteiger partial charge in [0.05, 0.1) is 22.4 Å². The van der Waals surface area contributed by atoms with Crippen molar-refractivity contribution in [3.8, 4) is 22.6 Å². The Morgan fingerprint density at radius 2 is 1.57 bits per heavy atom. The van der Waals surface area contributed by atoms with Crippen LogP contribution in [0.5, 0.6) is 0 Å². The molecule has 0 saturated carbocycles. The van der Waals surface area contributed by atoms with Gasteiger partial charge in [-0.15, -0.1) is 18.2 Å². The number of benzene rings is 4. The third kappa shape index (κ3) is 6.93. The Labute approximate surface area is 289 Å². The summed E-state index contributed by atoms with van der Waals surface area (Å²) in [4.78, 5) is 9.60. The van der Waals surface area contributed by atoms with Crippen LogP contribution < -0.4 is 4.40 Å². The molecule has 0 amide bonds. The van der Waals surface area contributed by atoms with Gasteiger partial charge in [0, 0.05) is 31.5 Å². The molecule has 4 aromatic carbocycles. The summed E-state index contributed by atoms with van der Waals surface area (Å²) >= 11 is -1.86. The van der Waals surface area contributed by atoms with E-state index in [2.05, 4.69) is 110 Å². The molecule has 0 aliphatic rings. The summed E-state index contributed by atoms with van der Waals surface area (Å²) < 4.78 is 9.98.